The Hall–Kier alpha value is -2.34. The molecular weight excluding hydrogens is 431 g/mol. The molecule has 7 heteroatoms. The number of benzene rings is 3. The van der Waals surface area contributed by atoms with Gasteiger partial charge in [0.2, 0.25) is 0 Å². The van der Waals surface area contributed by atoms with E-state index >= 15 is 0 Å². The molecular formula is C23H21Cl2F2NO2. The van der Waals surface area contributed by atoms with Crippen LogP contribution in [0, 0.1) is 11.6 Å². The zero-order chi connectivity index (χ0) is 21.5. The van der Waals surface area contributed by atoms with Crippen molar-refractivity contribution in [3.05, 3.63) is 93.0 Å². The Morgan fingerprint density at radius 1 is 0.933 bits per heavy atom. The smallest absolute Gasteiger partial charge is 0.163 e. The summed E-state index contributed by atoms with van der Waals surface area (Å²) in [5.74, 6) is 0.207. The van der Waals surface area contributed by atoms with Crippen molar-refractivity contribution >= 4 is 23.2 Å². The van der Waals surface area contributed by atoms with Gasteiger partial charge in [-0.05, 0) is 54.4 Å². The van der Waals surface area contributed by atoms with E-state index in [1.807, 2.05) is 0 Å². The van der Waals surface area contributed by atoms with Gasteiger partial charge in [0, 0.05) is 23.2 Å². The van der Waals surface area contributed by atoms with E-state index in [9.17, 15) is 8.78 Å². The van der Waals surface area contributed by atoms with Crippen molar-refractivity contribution in [3.8, 4) is 11.5 Å². The molecule has 0 saturated heterocycles. The topological polar surface area (TPSA) is 30.5 Å². The molecule has 3 aromatic rings. The summed E-state index contributed by atoms with van der Waals surface area (Å²) < 4.78 is 38.0. The first-order valence-corrected chi connectivity index (χ1v) is 10.1. The van der Waals surface area contributed by atoms with Gasteiger partial charge in [-0.25, -0.2) is 8.78 Å². The van der Waals surface area contributed by atoms with E-state index in [-0.39, 0.29) is 18.0 Å². The average Bonchev–Trinajstić information content (AvgIpc) is 2.73. The van der Waals surface area contributed by atoms with Crippen LogP contribution >= 0.6 is 23.2 Å². The highest BCUT2D eigenvalue weighted by molar-refractivity contribution is 6.31. The third-order valence-electron chi connectivity index (χ3n) is 4.59. The second-order valence-electron chi connectivity index (χ2n) is 6.64. The quantitative estimate of drug-likeness (QED) is 0.393. The number of nitrogens with one attached hydrogen (secondary N) is 1. The van der Waals surface area contributed by atoms with Crippen molar-refractivity contribution in [3.63, 3.8) is 0 Å². The molecule has 3 nitrogen and oxygen atoms in total. The zero-order valence-corrected chi connectivity index (χ0v) is 17.9. The minimum absolute atomic E-state index is 0.0482. The molecule has 0 fully saturated rings. The molecule has 3 rings (SSSR count). The molecule has 0 aliphatic rings. The second-order valence-corrected chi connectivity index (χ2v) is 7.45. The summed E-state index contributed by atoms with van der Waals surface area (Å²) in [4.78, 5) is 0. The summed E-state index contributed by atoms with van der Waals surface area (Å²) >= 11 is 12.4. The Balaban J connectivity index is 1.61. The van der Waals surface area contributed by atoms with Crippen LogP contribution in [-0.2, 0) is 19.6 Å². The summed E-state index contributed by atoms with van der Waals surface area (Å²) in [6.07, 6.45) is 0.764. The Morgan fingerprint density at radius 2 is 1.70 bits per heavy atom. The molecule has 0 aliphatic heterocycles. The molecule has 30 heavy (non-hydrogen) atoms. The highest BCUT2D eigenvalue weighted by atomic mass is 35.5. The molecule has 0 unspecified atom stereocenters. The van der Waals surface area contributed by atoms with Gasteiger partial charge in [-0.15, -0.1) is 0 Å². The number of hydrogen-bond acceptors (Lipinski definition) is 3. The van der Waals surface area contributed by atoms with Gasteiger partial charge in [0.05, 0.1) is 12.1 Å². The largest absolute Gasteiger partial charge is 0.493 e. The highest BCUT2D eigenvalue weighted by Gasteiger charge is 2.13. The minimum atomic E-state index is -0.436. The van der Waals surface area contributed by atoms with Crippen LogP contribution in [0.15, 0.2) is 54.6 Å². The molecule has 3 aromatic carbocycles. The summed E-state index contributed by atoms with van der Waals surface area (Å²) in [7, 11) is 1.53. The first-order valence-electron chi connectivity index (χ1n) is 9.35. The van der Waals surface area contributed by atoms with Crippen LogP contribution in [0.2, 0.25) is 10.0 Å². The Labute approximate surface area is 184 Å². The van der Waals surface area contributed by atoms with Crippen LogP contribution in [0.5, 0.6) is 11.5 Å². The standard InChI is InChI=1S/C23H21Cl2F2NO2/c1-29-22-11-16(13-28-10-9-15-5-7-17(26)8-6-15)20(25)12-23(22)30-14-18-19(24)3-2-4-21(18)27/h2-8,11-12,28H,9-10,13-14H2,1H3. The monoisotopic (exact) mass is 451 g/mol. The second kappa shape index (κ2) is 10.6. The molecule has 0 aliphatic carbocycles. The molecule has 0 saturated carbocycles. The maximum atomic E-state index is 13.9. The third-order valence-corrected chi connectivity index (χ3v) is 5.29. The lowest BCUT2D eigenvalue weighted by Crippen LogP contribution is -2.17. The van der Waals surface area contributed by atoms with Crippen LogP contribution in [0.25, 0.3) is 0 Å². The van der Waals surface area contributed by atoms with Gasteiger partial charge in [-0.1, -0.05) is 41.4 Å². The highest BCUT2D eigenvalue weighted by Crippen LogP contribution is 2.34. The summed E-state index contributed by atoms with van der Waals surface area (Å²) in [6.45, 7) is 1.18. The van der Waals surface area contributed by atoms with Gasteiger partial charge >= 0.3 is 0 Å². The molecule has 0 atom stereocenters. The number of ether oxygens (including phenoxy) is 2. The maximum Gasteiger partial charge on any atom is 0.163 e. The van der Waals surface area contributed by atoms with E-state index in [2.05, 4.69) is 5.32 Å². The van der Waals surface area contributed by atoms with Crippen LogP contribution < -0.4 is 14.8 Å². The summed E-state index contributed by atoms with van der Waals surface area (Å²) in [5.41, 5.74) is 2.15. The molecule has 0 aromatic heterocycles. The zero-order valence-electron chi connectivity index (χ0n) is 16.4. The Bertz CT molecular complexity index is 977. The van der Waals surface area contributed by atoms with Crippen LogP contribution in [0.3, 0.4) is 0 Å². The molecule has 158 valence electrons. The number of hydrogen-bond donors (Lipinski definition) is 1. The Kier molecular flexibility index (Phi) is 7.91. The van der Waals surface area contributed by atoms with E-state index in [4.69, 9.17) is 32.7 Å². The van der Waals surface area contributed by atoms with Gasteiger partial charge in [-0.2, -0.15) is 0 Å². The van der Waals surface area contributed by atoms with Crippen molar-refractivity contribution in [2.24, 2.45) is 0 Å². The summed E-state index contributed by atoms with van der Waals surface area (Å²) in [6, 6.07) is 14.3. The first-order chi connectivity index (χ1) is 14.5. The Morgan fingerprint density at radius 3 is 2.40 bits per heavy atom. The number of rotatable bonds is 9. The molecule has 0 spiro atoms. The van der Waals surface area contributed by atoms with Crippen molar-refractivity contribution in [2.75, 3.05) is 13.7 Å². The SMILES string of the molecule is COc1cc(CNCCc2ccc(F)cc2)c(Cl)cc1OCc1c(F)cccc1Cl. The van der Waals surface area contributed by atoms with Gasteiger partial charge in [0.15, 0.2) is 11.5 Å². The molecule has 0 heterocycles. The number of methoxy groups -OCH3 is 1. The van der Waals surface area contributed by atoms with Gasteiger partial charge in [0.1, 0.15) is 18.2 Å². The van der Waals surface area contributed by atoms with Crippen molar-refractivity contribution in [2.45, 2.75) is 19.6 Å². The maximum absolute atomic E-state index is 13.9. The summed E-state index contributed by atoms with van der Waals surface area (Å²) in [5, 5.41) is 4.10. The third kappa shape index (κ3) is 5.85. The van der Waals surface area contributed by atoms with Gasteiger partial charge < -0.3 is 14.8 Å². The van der Waals surface area contributed by atoms with Gasteiger partial charge in [-0.3, -0.25) is 0 Å². The lowest BCUT2D eigenvalue weighted by atomic mass is 10.1. The molecule has 0 radical (unpaired) electrons. The average molecular weight is 452 g/mol. The molecule has 0 bridgehead atoms. The van der Waals surface area contributed by atoms with E-state index < -0.39 is 5.82 Å². The fourth-order valence-corrected chi connectivity index (χ4v) is 3.35. The van der Waals surface area contributed by atoms with Crippen molar-refractivity contribution < 1.29 is 18.3 Å². The van der Waals surface area contributed by atoms with Crippen molar-refractivity contribution in [1.29, 1.82) is 0 Å². The lowest BCUT2D eigenvalue weighted by molar-refractivity contribution is 0.279. The van der Waals surface area contributed by atoms with Crippen LogP contribution in [0.1, 0.15) is 16.7 Å². The lowest BCUT2D eigenvalue weighted by Gasteiger charge is -2.15. The predicted molar refractivity (Wildman–Crippen MR) is 116 cm³/mol. The number of halogens is 4. The van der Waals surface area contributed by atoms with Gasteiger partial charge in [0.25, 0.3) is 0 Å². The van der Waals surface area contributed by atoms with Crippen LogP contribution in [-0.4, -0.2) is 13.7 Å². The van der Waals surface area contributed by atoms with E-state index in [1.165, 1.54) is 31.4 Å². The predicted octanol–water partition coefficient (Wildman–Crippen LogP) is 6.19. The van der Waals surface area contributed by atoms with E-state index in [0.29, 0.717) is 34.6 Å². The first kappa shape index (κ1) is 22.3. The normalized spacial score (nSPS) is 10.8. The van der Waals surface area contributed by atoms with E-state index in [1.54, 1.807) is 30.3 Å². The van der Waals surface area contributed by atoms with Crippen LogP contribution in [0.4, 0.5) is 8.78 Å². The molecule has 1 N–H and O–H groups in total. The fourth-order valence-electron chi connectivity index (χ4n) is 2.91. The fraction of sp³-hybridized carbons (Fsp3) is 0.217. The van der Waals surface area contributed by atoms with Crippen molar-refractivity contribution in [1.82, 2.24) is 5.32 Å². The minimum Gasteiger partial charge on any atom is -0.493 e. The van der Waals surface area contributed by atoms with E-state index in [0.717, 1.165) is 17.5 Å². The molecule has 0 amide bonds.